The smallest absolute Gasteiger partial charge is 0.232 e. The molecular weight excluding hydrogens is 348 g/mol. The highest BCUT2D eigenvalue weighted by molar-refractivity contribution is 6.73. The van der Waals surface area contributed by atoms with E-state index in [1.54, 1.807) is 0 Å². The number of benzene rings is 1. The third kappa shape index (κ3) is 4.65. The third-order valence-corrected chi connectivity index (χ3v) is 9.28. The Morgan fingerprint density at radius 2 is 1.68 bits per heavy atom. The molecule has 4 nitrogen and oxygen atoms in total. The summed E-state index contributed by atoms with van der Waals surface area (Å²) in [5, 5.41) is 11.1. The molecule has 0 aliphatic rings. The molecule has 0 radical (unpaired) electrons. The molecule has 0 aromatic heterocycles. The summed E-state index contributed by atoms with van der Waals surface area (Å²) in [7, 11) is -2.11. The lowest BCUT2D eigenvalue weighted by atomic mass is 10.1. The molecule has 1 rings (SSSR count). The number of hydrogen-bond acceptors (Lipinski definition) is 3. The van der Waals surface area contributed by atoms with Gasteiger partial charge in [-0.05, 0) is 30.3 Å². The largest absolute Gasteiger partial charge is 0.404 e. The van der Waals surface area contributed by atoms with Gasteiger partial charge in [0, 0.05) is 10.5 Å². The minimum atomic E-state index is -2.11. The van der Waals surface area contributed by atoms with Gasteiger partial charge in [0.1, 0.15) is 11.9 Å². The van der Waals surface area contributed by atoms with Crippen molar-refractivity contribution in [3.63, 3.8) is 0 Å². The molecule has 1 aromatic carbocycles. The highest BCUT2D eigenvalue weighted by atomic mass is 35.5. The second-order valence-electron chi connectivity index (χ2n) is 5.15. The van der Waals surface area contributed by atoms with Crippen LogP contribution in [0.2, 0.25) is 28.2 Å². The van der Waals surface area contributed by atoms with Gasteiger partial charge >= 0.3 is 0 Å². The van der Waals surface area contributed by atoms with E-state index in [2.05, 4.69) is 0 Å². The minimum Gasteiger partial charge on any atom is -0.404 e. The summed E-state index contributed by atoms with van der Waals surface area (Å²) in [5.41, 5.74) is 0.300. The van der Waals surface area contributed by atoms with Gasteiger partial charge < -0.3 is 4.43 Å². The molecule has 0 fully saturated rings. The van der Waals surface area contributed by atoms with Crippen LogP contribution in [0.4, 0.5) is 4.39 Å². The number of nitro groups is 1. The average Bonchev–Trinajstić information content (AvgIpc) is 2.43. The Kier molecular flexibility index (Phi) is 7.25. The van der Waals surface area contributed by atoms with E-state index >= 15 is 0 Å². The maximum atomic E-state index is 13.3. The van der Waals surface area contributed by atoms with Gasteiger partial charge in [-0.25, -0.2) is 4.39 Å². The zero-order chi connectivity index (χ0) is 16.9. The van der Waals surface area contributed by atoms with Crippen LogP contribution in [0.15, 0.2) is 12.1 Å². The van der Waals surface area contributed by atoms with Crippen molar-refractivity contribution in [2.24, 2.45) is 0 Å². The Morgan fingerprint density at radius 3 is 2.05 bits per heavy atom. The van der Waals surface area contributed by atoms with Gasteiger partial charge in [-0.2, -0.15) is 0 Å². The number of nitrogens with zero attached hydrogens (tertiary/aromatic N) is 1. The third-order valence-electron chi connectivity index (χ3n) is 4.01. The average molecular weight is 368 g/mol. The molecular formula is C14H20Cl2FNO3Si. The van der Waals surface area contributed by atoms with Gasteiger partial charge in [-0.1, -0.05) is 44.0 Å². The van der Waals surface area contributed by atoms with Crippen LogP contribution in [-0.4, -0.2) is 19.8 Å². The first-order valence-electron chi connectivity index (χ1n) is 7.22. The van der Waals surface area contributed by atoms with Crippen LogP contribution in [-0.2, 0) is 4.43 Å². The topological polar surface area (TPSA) is 52.4 Å². The van der Waals surface area contributed by atoms with Crippen molar-refractivity contribution in [3.8, 4) is 0 Å². The summed E-state index contributed by atoms with van der Waals surface area (Å²) >= 11 is 12.1. The van der Waals surface area contributed by atoms with E-state index in [9.17, 15) is 14.5 Å². The summed E-state index contributed by atoms with van der Waals surface area (Å²) in [5.74, 6) is -0.580. The lowest BCUT2D eigenvalue weighted by Gasteiger charge is -2.32. The van der Waals surface area contributed by atoms with Crippen LogP contribution in [0.25, 0.3) is 0 Å². The lowest BCUT2D eigenvalue weighted by Crippen LogP contribution is -2.39. The van der Waals surface area contributed by atoms with E-state index < -0.39 is 31.7 Å². The fraction of sp³-hybridized carbons (Fsp3) is 0.571. The van der Waals surface area contributed by atoms with Gasteiger partial charge in [0.05, 0.1) is 10.0 Å². The molecule has 1 unspecified atom stereocenters. The van der Waals surface area contributed by atoms with E-state index in [-0.39, 0.29) is 10.0 Å². The van der Waals surface area contributed by atoms with Gasteiger partial charge in [0.2, 0.25) is 6.54 Å². The molecule has 8 heteroatoms. The van der Waals surface area contributed by atoms with Crippen molar-refractivity contribution in [1.82, 2.24) is 0 Å². The first-order valence-corrected chi connectivity index (χ1v) is 10.5. The summed E-state index contributed by atoms with van der Waals surface area (Å²) in [4.78, 5) is 10.5. The van der Waals surface area contributed by atoms with Crippen LogP contribution in [0.5, 0.6) is 0 Å². The molecule has 0 spiro atoms. The Bertz CT molecular complexity index is 510. The molecule has 0 amide bonds. The normalized spacial score (nSPS) is 13.2. The number of hydrogen-bond donors (Lipinski definition) is 0. The molecule has 0 saturated carbocycles. The molecule has 0 heterocycles. The molecule has 0 bridgehead atoms. The highest BCUT2D eigenvalue weighted by Gasteiger charge is 2.36. The standard InChI is InChI=1S/C14H20Cl2FNO3Si/c1-4-22(5-2,6-3)21-13(9-18(19)20)14-11(15)7-10(17)8-12(14)16/h7-8,13H,4-6,9H2,1-3H3. The lowest BCUT2D eigenvalue weighted by molar-refractivity contribution is -0.490. The molecule has 1 aromatic rings. The van der Waals surface area contributed by atoms with Gasteiger partial charge in [0.25, 0.3) is 0 Å². The van der Waals surface area contributed by atoms with E-state index in [4.69, 9.17) is 27.6 Å². The molecule has 124 valence electrons. The van der Waals surface area contributed by atoms with E-state index in [0.717, 1.165) is 30.3 Å². The zero-order valence-electron chi connectivity index (χ0n) is 12.9. The summed E-state index contributed by atoms with van der Waals surface area (Å²) in [6.07, 6.45) is -0.859. The number of halogens is 3. The zero-order valence-corrected chi connectivity index (χ0v) is 15.4. The van der Waals surface area contributed by atoms with Crippen molar-refractivity contribution in [1.29, 1.82) is 0 Å². The van der Waals surface area contributed by atoms with Crippen molar-refractivity contribution >= 4 is 31.5 Å². The highest BCUT2D eigenvalue weighted by Crippen LogP contribution is 2.37. The summed E-state index contributed by atoms with van der Waals surface area (Å²) in [6, 6.07) is 4.72. The fourth-order valence-electron chi connectivity index (χ4n) is 2.49. The Morgan fingerprint density at radius 1 is 1.23 bits per heavy atom. The second kappa shape index (κ2) is 8.24. The Hall–Kier alpha value is -0.693. The second-order valence-corrected chi connectivity index (χ2v) is 10.7. The van der Waals surface area contributed by atoms with Gasteiger partial charge in [-0.15, -0.1) is 0 Å². The predicted octanol–water partition coefficient (Wildman–Crippen LogP) is 5.47. The first kappa shape index (κ1) is 19.4. The monoisotopic (exact) mass is 367 g/mol. The number of rotatable bonds is 8. The van der Waals surface area contributed by atoms with E-state index in [1.165, 1.54) is 0 Å². The molecule has 0 saturated heterocycles. The maximum Gasteiger partial charge on any atom is 0.232 e. The maximum absolute atomic E-state index is 13.3. The SMILES string of the molecule is CC[Si](CC)(CC)OC(C[N+](=O)[O-])c1c(Cl)cc(F)cc1Cl. The molecule has 0 N–H and O–H groups in total. The van der Waals surface area contributed by atoms with Crippen LogP contribution in [0.1, 0.15) is 32.4 Å². The van der Waals surface area contributed by atoms with Gasteiger partial charge in [-0.3, -0.25) is 10.1 Å². The van der Waals surface area contributed by atoms with Crippen LogP contribution in [0, 0.1) is 15.9 Å². The quantitative estimate of drug-likeness (QED) is 0.347. The van der Waals surface area contributed by atoms with Crippen molar-refractivity contribution in [3.05, 3.63) is 43.7 Å². The first-order chi connectivity index (χ1) is 10.3. The predicted molar refractivity (Wildman–Crippen MR) is 89.3 cm³/mol. The van der Waals surface area contributed by atoms with Gasteiger partial charge in [0.15, 0.2) is 8.32 Å². The summed E-state index contributed by atoms with van der Waals surface area (Å²) in [6.45, 7) is 5.63. The molecule has 22 heavy (non-hydrogen) atoms. The van der Waals surface area contributed by atoms with Crippen LogP contribution in [0.3, 0.4) is 0 Å². The van der Waals surface area contributed by atoms with Crippen molar-refractivity contribution < 1.29 is 13.7 Å². The van der Waals surface area contributed by atoms with E-state index in [0.29, 0.717) is 5.56 Å². The van der Waals surface area contributed by atoms with Crippen molar-refractivity contribution in [2.45, 2.75) is 45.0 Å². The molecule has 0 aliphatic carbocycles. The Balaban J connectivity index is 3.27. The molecule has 0 aliphatic heterocycles. The Labute approximate surface area is 140 Å². The van der Waals surface area contributed by atoms with Crippen LogP contribution < -0.4 is 0 Å². The fourth-order valence-corrected chi connectivity index (χ4v) is 5.99. The minimum absolute atomic E-state index is 0.0584. The van der Waals surface area contributed by atoms with Crippen LogP contribution >= 0.6 is 23.2 Å². The summed E-state index contributed by atoms with van der Waals surface area (Å²) < 4.78 is 19.5. The van der Waals surface area contributed by atoms with Crippen molar-refractivity contribution in [2.75, 3.05) is 6.54 Å². The van der Waals surface area contributed by atoms with E-state index in [1.807, 2.05) is 20.8 Å². The molecule has 1 atom stereocenters.